The van der Waals surface area contributed by atoms with Gasteiger partial charge in [-0.15, -0.1) is 0 Å². The van der Waals surface area contributed by atoms with Crippen molar-refractivity contribution in [1.82, 2.24) is 0 Å². The number of esters is 1. The summed E-state index contributed by atoms with van der Waals surface area (Å²) in [6.07, 6.45) is 3.16. The Bertz CT molecular complexity index is 522. The van der Waals surface area contributed by atoms with Crippen LogP contribution in [0.3, 0.4) is 0 Å². The molecule has 1 unspecified atom stereocenters. The van der Waals surface area contributed by atoms with Crippen LogP contribution in [0, 0.1) is 0 Å². The first kappa shape index (κ1) is 17.3. The van der Waals surface area contributed by atoms with Crippen molar-refractivity contribution in [2.75, 3.05) is 33.5 Å². The van der Waals surface area contributed by atoms with E-state index < -0.39 is 5.97 Å². The monoisotopic (exact) mass is 322 g/mol. The molecule has 23 heavy (non-hydrogen) atoms. The van der Waals surface area contributed by atoms with Crippen LogP contribution >= 0.6 is 0 Å². The Morgan fingerprint density at radius 3 is 2.78 bits per heavy atom. The number of para-hydroxylation sites is 1. The maximum Gasteiger partial charge on any atom is 0.335 e. The molecule has 0 radical (unpaired) electrons. The number of carbonyl (C=O) groups excluding carboxylic acids is 1. The summed E-state index contributed by atoms with van der Waals surface area (Å²) in [7, 11) is 1.59. The molecule has 0 aromatic heterocycles. The summed E-state index contributed by atoms with van der Waals surface area (Å²) in [6.45, 7) is 5.33. The number of ether oxygens (including phenoxy) is 5. The Kier molecular flexibility index (Phi) is 6.90. The van der Waals surface area contributed by atoms with Gasteiger partial charge in [-0.05, 0) is 25.0 Å². The number of hydrogen-bond donors (Lipinski definition) is 0. The zero-order valence-corrected chi connectivity index (χ0v) is 13.3. The Morgan fingerprint density at radius 2 is 2.13 bits per heavy atom. The van der Waals surface area contributed by atoms with E-state index >= 15 is 0 Å². The number of rotatable bonds is 9. The number of methoxy groups -OCH3 is 1. The first-order valence-electron chi connectivity index (χ1n) is 7.58. The summed E-state index contributed by atoms with van der Waals surface area (Å²) in [5.41, 5.74) is 0. The normalized spacial score (nSPS) is 16.8. The van der Waals surface area contributed by atoms with Crippen LogP contribution in [-0.2, 0) is 14.3 Å². The van der Waals surface area contributed by atoms with E-state index in [1.54, 1.807) is 25.3 Å². The molecule has 1 fully saturated rings. The molecule has 1 saturated heterocycles. The highest BCUT2D eigenvalue weighted by atomic mass is 16.6. The molecule has 1 aliphatic heterocycles. The molecule has 0 spiro atoms. The molecule has 0 aliphatic carbocycles. The van der Waals surface area contributed by atoms with E-state index in [9.17, 15) is 4.79 Å². The Hall–Kier alpha value is -2.05. The molecule has 0 saturated carbocycles. The smallest absolute Gasteiger partial charge is 0.335 e. The van der Waals surface area contributed by atoms with E-state index in [4.69, 9.17) is 23.7 Å². The SMILES string of the molecule is C=CC(=O)Oc1c(OCCOC)cccc1OCC1CCCO1. The summed E-state index contributed by atoms with van der Waals surface area (Å²) < 4.78 is 27.1. The van der Waals surface area contributed by atoms with Crippen molar-refractivity contribution < 1.29 is 28.5 Å². The molecule has 2 rings (SSSR count). The first-order valence-corrected chi connectivity index (χ1v) is 7.58. The summed E-state index contributed by atoms with van der Waals surface area (Å²) >= 11 is 0. The Labute approximate surface area is 135 Å². The third-order valence-corrected chi connectivity index (χ3v) is 3.31. The van der Waals surface area contributed by atoms with Crippen molar-refractivity contribution in [2.24, 2.45) is 0 Å². The van der Waals surface area contributed by atoms with Gasteiger partial charge < -0.3 is 23.7 Å². The summed E-state index contributed by atoms with van der Waals surface area (Å²) in [6, 6.07) is 5.21. The lowest BCUT2D eigenvalue weighted by Gasteiger charge is -2.17. The third kappa shape index (κ3) is 5.26. The van der Waals surface area contributed by atoms with E-state index in [0.29, 0.717) is 31.3 Å². The lowest BCUT2D eigenvalue weighted by Crippen LogP contribution is -2.17. The summed E-state index contributed by atoms with van der Waals surface area (Å²) in [5, 5.41) is 0. The number of benzene rings is 1. The minimum Gasteiger partial charge on any atom is -0.487 e. The molecule has 6 heteroatoms. The zero-order chi connectivity index (χ0) is 16.5. The van der Waals surface area contributed by atoms with Gasteiger partial charge in [0.1, 0.15) is 13.2 Å². The highest BCUT2D eigenvalue weighted by Gasteiger charge is 2.19. The molecule has 0 amide bonds. The number of hydrogen-bond acceptors (Lipinski definition) is 6. The fraction of sp³-hybridized carbons (Fsp3) is 0.471. The third-order valence-electron chi connectivity index (χ3n) is 3.31. The molecule has 1 aliphatic rings. The van der Waals surface area contributed by atoms with Gasteiger partial charge in [0.25, 0.3) is 0 Å². The standard InChI is InChI=1S/C17H22O6/c1-3-16(18)23-17-14(21-11-10-19-2)7-4-8-15(17)22-12-13-6-5-9-20-13/h3-4,7-8,13H,1,5-6,9-12H2,2H3. The fourth-order valence-corrected chi connectivity index (χ4v) is 2.16. The average Bonchev–Trinajstić information content (AvgIpc) is 3.08. The molecular weight excluding hydrogens is 300 g/mol. The molecule has 6 nitrogen and oxygen atoms in total. The van der Waals surface area contributed by atoms with Gasteiger partial charge in [-0.25, -0.2) is 4.79 Å². The van der Waals surface area contributed by atoms with Crippen molar-refractivity contribution in [3.05, 3.63) is 30.9 Å². The van der Waals surface area contributed by atoms with Crippen LogP contribution in [0.2, 0.25) is 0 Å². The topological polar surface area (TPSA) is 63.2 Å². The van der Waals surface area contributed by atoms with E-state index in [2.05, 4.69) is 6.58 Å². The van der Waals surface area contributed by atoms with Gasteiger partial charge in [-0.2, -0.15) is 0 Å². The number of carbonyl (C=O) groups is 1. The van der Waals surface area contributed by atoms with E-state index in [1.807, 2.05) is 0 Å². The predicted octanol–water partition coefficient (Wildman–Crippen LogP) is 2.36. The summed E-state index contributed by atoms with van der Waals surface area (Å²) in [4.78, 5) is 11.6. The second kappa shape index (κ2) is 9.17. The van der Waals surface area contributed by atoms with E-state index in [0.717, 1.165) is 25.5 Å². The van der Waals surface area contributed by atoms with Crippen LogP contribution in [0.15, 0.2) is 30.9 Å². The molecular formula is C17H22O6. The quantitative estimate of drug-likeness (QED) is 0.301. The maximum absolute atomic E-state index is 11.6. The van der Waals surface area contributed by atoms with Crippen LogP contribution in [-0.4, -0.2) is 45.6 Å². The lowest BCUT2D eigenvalue weighted by atomic mass is 10.2. The van der Waals surface area contributed by atoms with Crippen LogP contribution in [0.4, 0.5) is 0 Å². The van der Waals surface area contributed by atoms with Crippen LogP contribution < -0.4 is 14.2 Å². The molecule has 0 N–H and O–H groups in total. The largest absolute Gasteiger partial charge is 0.487 e. The van der Waals surface area contributed by atoms with Gasteiger partial charge >= 0.3 is 5.97 Å². The molecule has 1 aromatic carbocycles. The van der Waals surface area contributed by atoms with Crippen LogP contribution in [0.25, 0.3) is 0 Å². The fourth-order valence-electron chi connectivity index (χ4n) is 2.16. The van der Waals surface area contributed by atoms with Gasteiger partial charge in [0.15, 0.2) is 11.5 Å². The first-order chi connectivity index (χ1) is 11.2. The van der Waals surface area contributed by atoms with Crippen molar-refractivity contribution in [3.8, 4) is 17.2 Å². The molecule has 126 valence electrons. The van der Waals surface area contributed by atoms with Crippen molar-refractivity contribution in [3.63, 3.8) is 0 Å². The second-order valence-electron chi connectivity index (χ2n) is 5.00. The average molecular weight is 322 g/mol. The lowest BCUT2D eigenvalue weighted by molar-refractivity contribution is -0.129. The highest BCUT2D eigenvalue weighted by Crippen LogP contribution is 2.37. The summed E-state index contributed by atoms with van der Waals surface area (Å²) in [5.74, 6) is 0.522. The van der Waals surface area contributed by atoms with E-state index in [-0.39, 0.29) is 11.9 Å². The molecule has 0 bridgehead atoms. The van der Waals surface area contributed by atoms with Crippen molar-refractivity contribution in [2.45, 2.75) is 18.9 Å². The van der Waals surface area contributed by atoms with Crippen molar-refractivity contribution in [1.29, 1.82) is 0 Å². The van der Waals surface area contributed by atoms with Crippen LogP contribution in [0.5, 0.6) is 17.2 Å². The van der Waals surface area contributed by atoms with Gasteiger partial charge in [0.2, 0.25) is 5.75 Å². The van der Waals surface area contributed by atoms with Gasteiger partial charge in [-0.1, -0.05) is 12.6 Å². The van der Waals surface area contributed by atoms with Gasteiger partial charge in [0.05, 0.1) is 12.7 Å². The minimum atomic E-state index is -0.574. The highest BCUT2D eigenvalue weighted by molar-refractivity contribution is 5.84. The Morgan fingerprint density at radius 1 is 1.35 bits per heavy atom. The van der Waals surface area contributed by atoms with E-state index in [1.165, 1.54) is 0 Å². The zero-order valence-electron chi connectivity index (χ0n) is 13.3. The van der Waals surface area contributed by atoms with Crippen molar-refractivity contribution >= 4 is 5.97 Å². The molecule has 1 heterocycles. The maximum atomic E-state index is 11.6. The second-order valence-corrected chi connectivity index (χ2v) is 5.00. The van der Waals surface area contributed by atoms with Gasteiger partial charge in [0, 0.05) is 19.8 Å². The predicted molar refractivity (Wildman–Crippen MR) is 84.1 cm³/mol. The Balaban J connectivity index is 2.11. The van der Waals surface area contributed by atoms with Gasteiger partial charge in [-0.3, -0.25) is 0 Å². The molecule has 1 atom stereocenters. The molecule has 1 aromatic rings. The minimum absolute atomic E-state index is 0.0658. The van der Waals surface area contributed by atoms with Crippen LogP contribution in [0.1, 0.15) is 12.8 Å².